The predicted octanol–water partition coefficient (Wildman–Crippen LogP) is 2.88. The molecule has 17 heavy (non-hydrogen) atoms. The Morgan fingerprint density at radius 1 is 1.35 bits per heavy atom. The summed E-state index contributed by atoms with van der Waals surface area (Å²) < 4.78 is 0. The molecule has 1 amide bonds. The maximum atomic E-state index is 12.1. The van der Waals surface area contributed by atoms with Crippen LogP contribution in [-0.2, 0) is 0 Å². The smallest absolute Gasteiger partial charge is 0.259 e. The molecule has 2 N–H and O–H groups in total. The van der Waals surface area contributed by atoms with Crippen molar-refractivity contribution in [2.75, 3.05) is 5.32 Å². The third kappa shape index (κ3) is 1.81. The van der Waals surface area contributed by atoms with Crippen LogP contribution in [0.1, 0.15) is 10.4 Å². The van der Waals surface area contributed by atoms with E-state index in [9.17, 15) is 4.79 Å². The highest BCUT2D eigenvalue weighted by Gasteiger charge is 2.11. The molecule has 2 heterocycles. The molecule has 0 aliphatic rings. The molecule has 0 saturated carbocycles. The molecule has 0 saturated heterocycles. The monoisotopic (exact) mass is 243 g/mol. The van der Waals surface area contributed by atoms with Crippen LogP contribution in [-0.4, -0.2) is 15.9 Å². The molecule has 0 atom stereocenters. The topological polar surface area (TPSA) is 57.8 Å². The predicted molar refractivity (Wildman–Crippen MR) is 68.4 cm³/mol. The molecule has 0 aliphatic carbocycles. The maximum absolute atomic E-state index is 12.1. The molecule has 0 spiro atoms. The Kier molecular flexibility index (Phi) is 2.38. The summed E-state index contributed by atoms with van der Waals surface area (Å²) >= 11 is 1.40. The molecule has 1 aromatic carbocycles. The number of nitrogens with zero attached hydrogens (tertiary/aromatic N) is 1. The molecule has 0 unspecified atom stereocenters. The first-order chi connectivity index (χ1) is 8.34. The quantitative estimate of drug-likeness (QED) is 0.727. The highest BCUT2D eigenvalue weighted by molar-refractivity contribution is 7.13. The first-order valence-electron chi connectivity index (χ1n) is 5.11. The van der Waals surface area contributed by atoms with Gasteiger partial charge in [0.25, 0.3) is 5.91 Å². The van der Waals surface area contributed by atoms with E-state index in [4.69, 9.17) is 0 Å². The van der Waals surface area contributed by atoms with Crippen LogP contribution in [0.4, 0.5) is 5.13 Å². The Labute approximate surface area is 101 Å². The van der Waals surface area contributed by atoms with E-state index in [1.807, 2.05) is 29.8 Å². The second-order valence-corrected chi connectivity index (χ2v) is 4.43. The highest BCUT2D eigenvalue weighted by atomic mass is 32.1. The SMILES string of the molecule is O=C(Nc1nccs1)c1cccc2cc[nH]c12. The van der Waals surface area contributed by atoms with E-state index < -0.39 is 0 Å². The first-order valence-corrected chi connectivity index (χ1v) is 5.99. The largest absolute Gasteiger partial charge is 0.361 e. The molecule has 2 aromatic heterocycles. The zero-order chi connectivity index (χ0) is 11.7. The molecular weight excluding hydrogens is 234 g/mol. The number of fused-ring (bicyclic) bond motifs is 1. The number of carbonyl (C=O) groups is 1. The van der Waals surface area contributed by atoms with Gasteiger partial charge in [0.05, 0.1) is 11.1 Å². The Morgan fingerprint density at radius 3 is 3.12 bits per heavy atom. The van der Waals surface area contributed by atoms with Crippen molar-refractivity contribution in [2.45, 2.75) is 0 Å². The fraction of sp³-hybridized carbons (Fsp3) is 0. The van der Waals surface area contributed by atoms with Gasteiger partial charge in [0.1, 0.15) is 0 Å². The van der Waals surface area contributed by atoms with Gasteiger partial charge in [0.15, 0.2) is 5.13 Å². The Hall–Kier alpha value is -2.14. The number of para-hydroxylation sites is 1. The first kappa shape index (κ1) is 10.0. The van der Waals surface area contributed by atoms with Gasteiger partial charge in [-0.2, -0.15) is 0 Å². The van der Waals surface area contributed by atoms with Crippen molar-refractivity contribution < 1.29 is 4.79 Å². The standard InChI is InChI=1S/C12H9N3OS/c16-11(15-12-14-6-7-17-12)9-3-1-2-8-4-5-13-10(8)9/h1-7,13H,(H,14,15,16). The summed E-state index contributed by atoms with van der Waals surface area (Å²) in [7, 11) is 0. The summed E-state index contributed by atoms with van der Waals surface area (Å²) in [5.41, 5.74) is 1.48. The van der Waals surface area contributed by atoms with E-state index in [2.05, 4.69) is 15.3 Å². The number of rotatable bonds is 2. The van der Waals surface area contributed by atoms with Crippen LogP contribution in [0, 0.1) is 0 Å². The number of hydrogen-bond acceptors (Lipinski definition) is 3. The lowest BCUT2D eigenvalue weighted by molar-refractivity contribution is 0.102. The van der Waals surface area contributed by atoms with E-state index in [-0.39, 0.29) is 5.91 Å². The molecule has 0 aliphatic heterocycles. The van der Waals surface area contributed by atoms with Gasteiger partial charge >= 0.3 is 0 Å². The number of anilines is 1. The second kappa shape index (κ2) is 4.03. The lowest BCUT2D eigenvalue weighted by atomic mass is 10.1. The van der Waals surface area contributed by atoms with Crippen LogP contribution in [0.5, 0.6) is 0 Å². The average Bonchev–Trinajstić information content (AvgIpc) is 2.97. The van der Waals surface area contributed by atoms with Crippen molar-refractivity contribution in [1.82, 2.24) is 9.97 Å². The maximum Gasteiger partial charge on any atom is 0.259 e. The van der Waals surface area contributed by atoms with Gasteiger partial charge in [-0.15, -0.1) is 11.3 Å². The Morgan fingerprint density at radius 2 is 2.29 bits per heavy atom. The minimum atomic E-state index is -0.145. The van der Waals surface area contributed by atoms with Crippen LogP contribution in [0.25, 0.3) is 10.9 Å². The molecule has 0 radical (unpaired) electrons. The third-order valence-corrected chi connectivity index (χ3v) is 3.17. The van der Waals surface area contributed by atoms with Gasteiger partial charge in [-0.1, -0.05) is 12.1 Å². The van der Waals surface area contributed by atoms with Gasteiger partial charge in [-0.3, -0.25) is 10.1 Å². The third-order valence-electron chi connectivity index (χ3n) is 2.48. The van der Waals surface area contributed by atoms with Gasteiger partial charge < -0.3 is 4.98 Å². The number of hydrogen-bond donors (Lipinski definition) is 2. The van der Waals surface area contributed by atoms with Crippen molar-refractivity contribution in [3.63, 3.8) is 0 Å². The number of carbonyl (C=O) groups excluding carboxylic acids is 1. The molecule has 4 nitrogen and oxygen atoms in total. The van der Waals surface area contributed by atoms with Crippen LogP contribution in [0.2, 0.25) is 0 Å². The van der Waals surface area contributed by atoms with Crippen LogP contribution in [0.15, 0.2) is 42.0 Å². The fourth-order valence-corrected chi connectivity index (χ4v) is 2.25. The van der Waals surface area contributed by atoms with Crippen LogP contribution < -0.4 is 5.32 Å². The van der Waals surface area contributed by atoms with E-state index >= 15 is 0 Å². The van der Waals surface area contributed by atoms with Crippen LogP contribution in [0.3, 0.4) is 0 Å². The number of aromatic nitrogens is 2. The molecule has 84 valence electrons. The molecule has 5 heteroatoms. The fourth-order valence-electron chi connectivity index (χ4n) is 1.72. The van der Waals surface area contributed by atoms with E-state index in [1.54, 1.807) is 12.3 Å². The van der Waals surface area contributed by atoms with Gasteiger partial charge in [-0.25, -0.2) is 4.98 Å². The number of thiazole rings is 1. The van der Waals surface area contributed by atoms with E-state index in [0.717, 1.165) is 10.9 Å². The summed E-state index contributed by atoms with van der Waals surface area (Å²) in [5.74, 6) is -0.145. The minimum absolute atomic E-state index is 0.145. The van der Waals surface area contributed by atoms with Crippen molar-refractivity contribution in [3.8, 4) is 0 Å². The normalized spacial score (nSPS) is 10.6. The van der Waals surface area contributed by atoms with Crippen molar-refractivity contribution in [2.24, 2.45) is 0 Å². The molecular formula is C12H9N3OS. The second-order valence-electron chi connectivity index (χ2n) is 3.54. The van der Waals surface area contributed by atoms with E-state index in [0.29, 0.717) is 10.7 Å². The zero-order valence-electron chi connectivity index (χ0n) is 8.81. The summed E-state index contributed by atoms with van der Waals surface area (Å²) in [4.78, 5) is 19.2. The average molecular weight is 243 g/mol. The Bertz CT molecular complexity index is 657. The van der Waals surface area contributed by atoms with Gasteiger partial charge in [0, 0.05) is 23.2 Å². The summed E-state index contributed by atoms with van der Waals surface area (Å²) in [6.07, 6.45) is 3.49. The summed E-state index contributed by atoms with van der Waals surface area (Å²) in [5, 5.41) is 6.23. The lowest BCUT2D eigenvalue weighted by Crippen LogP contribution is -2.12. The number of nitrogens with one attached hydrogen (secondary N) is 2. The summed E-state index contributed by atoms with van der Waals surface area (Å²) in [6.45, 7) is 0. The zero-order valence-corrected chi connectivity index (χ0v) is 9.62. The molecule has 0 bridgehead atoms. The summed E-state index contributed by atoms with van der Waals surface area (Å²) in [6, 6.07) is 7.57. The van der Waals surface area contributed by atoms with Crippen LogP contribution >= 0.6 is 11.3 Å². The van der Waals surface area contributed by atoms with Gasteiger partial charge in [-0.05, 0) is 12.1 Å². The van der Waals surface area contributed by atoms with E-state index in [1.165, 1.54) is 11.3 Å². The van der Waals surface area contributed by atoms with Crippen molar-refractivity contribution >= 4 is 33.3 Å². The molecule has 3 aromatic rings. The molecule has 0 fully saturated rings. The molecule has 3 rings (SSSR count). The minimum Gasteiger partial charge on any atom is -0.361 e. The lowest BCUT2D eigenvalue weighted by Gasteiger charge is -2.02. The van der Waals surface area contributed by atoms with Gasteiger partial charge in [0.2, 0.25) is 0 Å². The number of aromatic amines is 1. The Balaban J connectivity index is 1.98. The highest BCUT2D eigenvalue weighted by Crippen LogP contribution is 2.19. The van der Waals surface area contributed by atoms with Crippen molar-refractivity contribution in [1.29, 1.82) is 0 Å². The number of benzene rings is 1. The van der Waals surface area contributed by atoms with Crippen molar-refractivity contribution in [3.05, 3.63) is 47.6 Å². The number of H-pyrrole nitrogens is 1. The number of amides is 1.